The number of aromatic nitrogens is 5. The zero-order chi connectivity index (χ0) is 28.1. The Bertz CT molecular complexity index is 1820. The first-order chi connectivity index (χ1) is 19.9. The standard InChI is InChI=1S/C32H34ClN7O/c1-32(2)20-38(18-21-8-4-3-5-9-21)19-22-16-23(12-13-25(22)32)36-30-35-17-24-28(37-30)39-15-14-34-31(39)40(29(24)41)27-11-7-6-10-26(27)33/h6-7,10-17,21H,3-5,8-9,18-20H2,1-2H3,(H,35,36,37). The van der Waals surface area contributed by atoms with Gasteiger partial charge in [0.05, 0.1) is 10.7 Å². The normalized spacial score (nSPS) is 17.6. The second-order valence-corrected chi connectivity index (χ2v) is 12.6. The van der Waals surface area contributed by atoms with Crippen LogP contribution >= 0.6 is 11.6 Å². The minimum Gasteiger partial charge on any atom is -0.324 e. The first-order valence-electron chi connectivity index (χ1n) is 14.5. The molecule has 210 valence electrons. The molecule has 1 aliphatic carbocycles. The minimum atomic E-state index is -0.271. The smallest absolute Gasteiger partial charge is 0.270 e. The van der Waals surface area contributed by atoms with Crippen molar-refractivity contribution in [2.24, 2.45) is 5.92 Å². The Morgan fingerprint density at radius 3 is 2.73 bits per heavy atom. The molecule has 1 saturated carbocycles. The highest BCUT2D eigenvalue weighted by Crippen LogP contribution is 2.36. The van der Waals surface area contributed by atoms with Gasteiger partial charge in [-0.25, -0.2) is 14.5 Å². The van der Waals surface area contributed by atoms with E-state index in [1.54, 1.807) is 35.1 Å². The summed E-state index contributed by atoms with van der Waals surface area (Å²) < 4.78 is 3.30. The Kier molecular flexibility index (Phi) is 6.55. The maximum atomic E-state index is 13.6. The lowest BCUT2D eigenvalue weighted by Crippen LogP contribution is -2.44. The van der Waals surface area contributed by atoms with Gasteiger partial charge in [0, 0.05) is 49.3 Å². The monoisotopic (exact) mass is 567 g/mol. The topological polar surface area (TPSA) is 80.4 Å². The van der Waals surface area contributed by atoms with E-state index in [1.165, 1.54) is 54.3 Å². The molecule has 0 spiro atoms. The molecule has 0 bridgehead atoms. The van der Waals surface area contributed by atoms with E-state index in [1.807, 2.05) is 12.1 Å². The maximum Gasteiger partial charge on any atom is 0.270 e. The van der Waals surface area contributed by atoms with E-state index < -0.39 is 0 Å². The Labute approximate surface area is 244 Å². The zero-order valence-electron chi connectivity index (χ0n) is 23.5. The molecule has 0 amide bonds. The van der Waals surface area contributed by atoms with Crippen molar-refractivity contribution < 1.29 is 0 Å². The summed E-state index contributed by atoms with van der Waals surface area (Å²) in [5.41, 5.74) is 4.56. The molecule has 9 heteroatoms. The fourth-order valence-corrected chi connectivity index (χ4v) is 7.07. The van der Waals surface area contributed by atoms with Gasteiger partial charge in [-0.15, -0.1) is 0 Å². The third-order valence-corrected chi connectivity index (χ3v) is 9.01. The highest BCUT2D eigenvalue weighted by atomic mass is 35.5. The van der Waals surface area contributed by atoms with Gasteiger partial charge in [-0.1, -0.05) is 62.9 Å². The Morgan fingerprint density at radius 2 is 1.90 bits per heavy atom. The fourth-order valence-electron chi connectivity index (χ4n) is 6.85. The first-order valence-corrected chi connectivity index (χ1v) is 14.9. The molecule has 3 aromatic heterocycles. The molecule has 1 aliphatic heterocycles. The van der Waals surface area contributed by atoms with Gasteiger partial charge < -0.3 is 5.32 Å². The van der Waals surface area contributed by atoms with Crippen molar-refractivity contribution in [1.29, 1.82) is 0 Å². The highest BCUT2D eigenvalue weighted by Gasteiger charge is 2.33. The number of halogens is 1. The molecule has 8 nitrogen and oxygen atoms in total. The molecule has 2 aliphatic rings. The van der Waals surface area contributed by atoms with Gasteiger partial charge >= 0.3 is 0 Å². The van der Waals surface area contributed by atoms with Crippen LogP contribution in [0.1, 0.15) is 57.1 Å². The second-order valence-electron chi connectivity index (χ2n) is 12.2. The van der Waals surface area contributed by atoms with Crippen LogP contribution in [0.4, 0.5) is 11.6 Å². The second kappa shape index (κ2) is 10.3. The van der Waals surface area contributed by atoms with E-state index in [4.69, 9.17) is 16.6 Å². The number of para-hydroxylation sites is 1. The van der Waals surface area contributed by atoms with Crippen LogP contribution in [0.15, 0.2) is 65.8 Å². The molecular weight excluding hydrogens is 534 g/mol. The summed E-state index contributed by atoms with van der Waals surface area (Å²) in [6.45, 7) is 7.93. The molecule has 0 radical (unpaired) electrons. The molecule has 41 heavy (non-hydrogen) atoms. The average Bonchev–Trinajstić information content (AvgIpc) is 3.44. The number of imidazole rings is 1. The SMILES string of the molecule is CC1(C)CN(CC2CCCCC2)Cc2cc(Nc3ncc4c(=O)n(-c5ccccc5Cl)c5nccn5c4n3)ccc21. The number of hydrogen-bond donors (Lipinski definition) is 1. The van der Waals surface area contributed by atoms with E-state index in [-0.39, 0.29) is 11.0 Å². The Morgan fingerprint density at radius 1 is 1.07 bits per heavy atom. The lowest BCUT2D eigenvalue weighted by Gasteiger charge is -2.42. The summed E-state index contributed by atoms with van der Waals surface area (Å²) in [7, 11) is 0. The van der Waals surface area contributed by atoms with Crippen LogP contribution in [0.3, 0.4) is 0 Å². The van der Waals surface area contributed by atoms with Crippen molar-refractivity contribution >= 4 is 40.0 Å². The van der Waals surface area contributed by atoms with E-state index in [2.05, 4.69) is 52.2 Å². The van der Waals surface area contributed by atoms with E-state index in [0.29, 0.717) is 33.5 Å². The third kappa shape index (κ3) is 4.79. The van der Waals surface area contributed by atoms with Crippen molar-refractivity contribution in [3.8, 4) is 5.69 Å². The summed E-state index contributed by atoms with van der Waals surface area (Å²) in [5.74, 6) is 1.68. The lowest BCUT2D eigenvalue weighted by atomic mass is 9.77. The van der Waals surface area contributed by atoms with Crippen LogP contribution in [-0.2, 0) is 12.0 Å². The number of nitrogens with zero attached hydrogens (tertiary/aromatic N) is 6. The number of rotatable bonds is 5. The van der Waals surface area contributed by atoms with Crippen molar-refractivity contribution in [3.05, 3.63) is 87.6 Å². The van der Waals surface area contributed by atoms with Crippen molar-refractivity contribution in [1.82, 2.24) is 28.8 Å². The molecule has 0 unspecified atom stereocenters. The maximum absolute atomic E-state index is 13.6. The molecule has 7 rings (SSSR count). The molecule has 2 aromatic carbocycles. The molecule has 1 N–H and O–H groups in total. The van der Waals surface area contributed by atoms with Gasteiger partial charge in [-0.05, 0) is 54.2 Å². The predicted molar refractivity (Wildman–Crippen MR) is 163 cm³/mol. The lowest BCUT2D eigenvalue weighted by molar-refractivity contribution is 0.150. The quantitative estimate of drug-likeness (QED) is 0.261. The third-order valence-electron chi connectivity index (χ3n) is 8.69. The Balaban J connectivity index is 1.21. The van der Waals surface area contributed by atoms with E-state index in [9.17, 15) is 4.79 Å². The molecule has 0 saturated heterocycles. The van der Waals surface area contributed by atoms with Crippen LogP contribution in [0.25, 0.3) is 22.5 Å². The van der Waals surface area contributed by atoms with Crippen LogP contribution < -0.4 is 10.9 Å². The number of hydrogen-bond acceptors (Lipinski definition) is 6. The van der Waals surface area contributed by atoms with Gasteiger partial charge in [0.1, 0.15) is 5.39 Å². The van der Waals surface area contributed by atoms with Gasteiger partial charge in [-0.2, -0.15) is 4.98 Å². The summed E-state index contributed by atoms with van der Waals surface area (Å²) >= 11 is 6.45. The summed E-state index contributed by atoms with van der Waals surface area (Å²) in [5, 5.41) is 4.24. The van der Waals surface area contributed by atoms with E-state index >= 15 is 0 Å². The number of benzene rings is 2. The first kappa shape index (κ1) is 26.2. The fraction of sp³-hybridized carbons (Fsp3) is 0.375. The highest BCUT2D eigenvalue weighted by molar-refractivity contribution is 6.32. The minimum absolute atomic E-state index is 0.0921. The molecule has 0 atom stereocenters. The van der Waals surface area contributed by atoms with Gasteiger partial charge in [-0.3, -0.25) is 14.1 Å². The Hall–Kier alpha value is -3.75. The number of nitrogens with one attached hydrogen (secondary N) is 1. The van der Waals surface area contributed by atoms with E-state index in [0.717, 1.165) is 24.7 Å². The number of fused-ring (bicyclic) bond motifs is 4. The van der Waals surface area contributed by atoms with Crippen LogP contribution in [-0.4, -0.2) is 41.9 Å². The van der Waals surface area contributed by atoms with Crippen molar-refractivity contribution in [2.45, 2.75) is 57.9 Å². The molecule has 1 fully saturated rings. The van der Waals surface area contributed by atoms with Crippen LogP contribution in [0.5, 0.6) is 0 Å². The number of anilines is 2. The van der Waals surface area contributed by atoms with Crippen molar-refractivity contribution in [2.75, 3.05) is 18.4 Å². The molecular formula is C32H34ClN7O. The van der Waals surface area contributed by atoms with Crippen LogP contribution in [0.2, 0.25) is 5.02 Å². The zero-order valence-corrected chi connectivity index (χ0v) is 24.2. The summed E-state index contributed by atoms with van der Waals surface area (Å²) in [6.07, 6.45) is 11.9. The van der Waals surface area contributed by atoms with Gasteiger partial charge in [0.2, 0.25) is 11.7 Å². The van der Waals surface area contributed by atoms with Gasteiger partial charge in [0.25, 0.3) is 5.56 Å². The van der Waals surface area contributed by atoms with Crippen LogP contribution in [0, 0.1) is 5.92 Å². The summed E-state index contributed by atoms with van der Waals surface area (Å²) in [6, 6.07) is 13.8. The van der Waals surface area contributed by atoms with Crippen molar-refractivity contribution in [3.63, 3.8) is 0 Å². The average molecular weight is 568 g/mol. The predicted octanol–water partition coefficient (Wildman–Crippen LogP) is 6.50. The van der Waals surface area contributed by atoms with Gasteiger partial charge in [0.15, 0.2) is 5.65 Å². The largest absolute Gasteiger partial charge is 0.324 e. The molecule has 5 aromatic rings. The summed E-state index contributed by atoms with van der Waals surface area (Å²) in [4.78, 5) is 30.0. The molecule has 4 heterocycles.